The minimum atomic E-state index is -0.262. The Labute approximate surface area is 170 Å². The molecule has 0 fully saturated rings. The molecule has 0 bridgehead atoms. The first-order chi connectivity index (χ1) is 14.1. The minimum absolute atomic E-state index is 0.00350. The highest BCUT2D eigenvalue weighted by Gasteiger charge is 2.31. The summed E-state index contributed by atoms with van der Waals surface area (Å²) in [4.78, 5) is 27.0. The maximum Gasteiger partial charge on any atom is 0.319 e. The van der Waals surface area contributed by atoms with Gasteiger partial charge in [0.25, 0.3) is 5.91 Å². The molecule has 1 heterocycles. The van der Waals surface area contributed by atoms with Crippen LogP contribution in [0.3, 0.4) is 0 Å². The Kier molecular flexibility index (Phi) is 5.29. The van der Waals surface area contributed by atoms with Crippen LogP contribution in [-0.2, 0) is 13.0 Å². The Morgan fingerprint density at radius 2 is 1.66 bits per heavy atom. The number of carbonyl (C=O) groups excluding carboxylic acids is 2. The second-order valence-electron chi connectivity index (χ2n) is 7.23. The number of para-hydroxylation sites is 1. The molecule has 1 aliphatic heterocycles. The molecule has 5 heteroatoms. The molecule has 146 valence electrons. The third-order valence-electron chi connectivity index (χ3n) is 5.09. The number of rotatable bonds is 4. The van der Waals surface area contributed by atoms with Gasteiger partial charge >= 0.3 is 6.03 Å². The number of hydrogen-bond donors (Lipinski definition) is 2. The average molecular weight is 385 g/mol. The summed E-state index contributed by atoms with van der Waals surface area (Å²) in [6.45, 7) is 2.44. The summed E-state index contributed by atoms with van der Waals surface area (Å²) in [5.41, 5.74) is 4.45. The molecule has 0 saturated carbocycles. The van der Waals surface area contributed by atoms with Crippen molar-refractivity contribution in [3.05, 3.63) is 95.6 Å². The molecule has 1 atom stereocenters. The topological polar surface area (TPSA) is 61.4 Å². The molecule has 29 heavy (non-hydrogen) atoms. The predicted octanol–water partition coefficient (Wildman–Crippen LogP) is 4.60. The normalized spacial score (nSPS) is 14.9. The number of urea groups is 1. The second-order valence-corrected chi connectivity index (χ2v) is 7.23. The van der Waals surface area contributed by atoms with E-state index < -0.39 is 0 Å². The molecule has 0 aliphatic carbocycles. The Balaban J connectivity index is 1.47. The van der Waals surface area contributed by atoms with E-state index in [2.05, 4.69) is 23.6 Å². The highest BCUT2D eigenvalue weighted by molar-refractivity contribution is 6.07. The quantitative estimate of drug-likeness (QED) is 0.689. The molecule has 2 N–H and O–H groups in total. The van der Waals surface area contributed by atoms with Crippen molar-refractivity contribution in [3.63, 3.8) is 0 Å². The molecule has 0 spiro atoms. The van der Waals surface area contributed by atoms with Gasteiger partial charge in [0, 0.05) is 29.5 Å². The van der Waals surface area contributed by atoms with Gasteiger partial charge in [-0.05, 0) is 54.8 Å². The molecule has 5 nitrogen and oxygen atoms in total. The first kappa shape index (κ1) is 18.7. The van der Waals surface area contributed by atoms with E-state index >= 15 is 0 Å². The lowest BCUT2D eigenvalue weighted by Crippen LogP contribution is -2.35. The molecule has 4 rings (SSSR count). The van der Waals surface area contributed by atoms with E-state index in [0.717, 1.165) is 28.9 Å². The molecular formula is C24H23N3O2. The molecular weight excluding hydrogens is 362 g/mol. The van der Waals surface area contributed by atoms with Crippen molar-refractivity contribution in [1.82, 2.24) is 5.32 Å². The maximum atomic E-state index is 13.0. The van der Waals surface area contributed by atoms with E-state index in [1.54, 1.807) is 0 Å². The summed E-state index contributed by atoms with van der Waals surface area (Å²) in [6.07, 6.45) is 0.829. The average Bonchev–Trinajstić information content (AvgIpc) is 3.08. The smallest absolute Gasteiger partial charge is 0.319 e. The van der Waals surface area contributed by atoms with Gasteiger partial charge in [0.05, 0.1) is 0 Å². The number of carbonyl (C=O) groups is 2. The number of fused-ring (bicyclic) bond motifs is 1. The Bertz CT molecular complexity index is 1020. The fourth-order valence-electron chi connectivity index (χ4n) is 3.67. The number of nitrogens with one attached hydrogen (secondary N) is 2. The van der Waals surface area contributed by atoms with Crippen LogP contribution < -0.4 is 15.5 Å². The Morgan fingerprint density at radius 3 is 2.38 bits per heavy atom. The maximum absolute atomic E-state index is 13.0. The zero-order chi connectivity index (χ0) is 20.2. The number of hydrogen-bond acceptors (Lipinski definition) is 2. The third-order valence-corrected chi connectivity index (χ3v) is 5.09. The zero-order valence-electron chi connectivity index (χ0n) is 16.3. The van der Waals surface area contributed by atoms with Crippen molar-refractivity contribution in [2.24, 2.45) is 0 Å². The van der Waals surface area contributed by atoms with Gasteiger partial charge in [0.1, 0.15) is 0 Å². The predicted molar refractivity (Wildman–Crippen MR) is 115 cm³/mol. The summed E-state index contributed by atoms with van der Waals surface area (Å²) >= 11 is 0. The van der Waals surface area contributed by atoms with Crippen molar-refractivity contribution in [2.75, 3.05) is 10.2 Å². The number of benzene rings is 3. The van der Waals surface area contributed by atoms with E-state index in [1.807, 2.05) is 77.7 Å². The fraction of sp³-hybridized carbons (Fsp3) is 0.167. The molecule has 3 aromatic carbocycles. The summed E-state index contributed by atoms with van der Waals surface area (Å²) < 4.78 is 0. The van der Waals surface area contributed by atoms with Gasteiger partial charge in [-0.25, -0.2) is 4.79 Å². The van der Waals surface area contributed by atoms with Crippen molar-refractivity contribution in [3.8, 4) is 0 Å². The molecule has 0 saturated heterocycles. The van der Waals surface area contributed by atoms with E-state index in [9.17, 15) is 9.59 Å². The van der Waals surface area contributed by atoms with Crippen LogP contribution in [0.1, 0.15) is 28.4 Å². The van der Waals surface area contributed by atoms with E-state index in [-0.39, 0.29) is 18.0 Å². The number of amides is 3. The van der Waals surface area contributed by atoms with Crippen LogP contribution in [-0.4, -0.2) is 18.0 Å². The minimum Gasteiger partial charge on any atom is -0.334 e. The summed E-state index contributed by atoms with van der Waals surface area (Å²) in [5.74, 6) is 0.00350. The van der Waals surface area contributed by atoms with Crippen LogP contribution in [0, 0.1) is 0 Å². The van der Waals surface area contributed by atoms with Gasteiger partial charge in [-0.15, -0.1) is 0 Å². The van der Waals surface area contributed by atoms with Crippen molar-refractivity contribution < 1.29 is 9.59 Å². The van der Waals surface area contributed by atoms with E-state index in [4.69, 9.17) is 0 Å². The monoisotopic (exact) mass is 385 g/mol. The standard InChI is InChI=1S/C24H23N3O2/c1-17-14-20-13-12-18(16-25-24(29)26-21-10-6-3-7-11-21)15-22(20)27(17)23(28)19-8-4-2-5-9-19/h2-13,15,17H,14,16H2,1H3,(H2,25,26,29)/t17-/m0/s1. The van der Waals surface area contributed by atoms with Crippen LogP contribution in [0.5, 0.6) is 0 Å². The van der Waals surface area contributed by atoms with Gasteiger partial charge in [-0.3, -0.25) is 4.79 Å². The lowest BCUT2D eigenvalue weighted by molar-refractivity contribution is 0.0981. The van der Waals surface area contributed by atoms with Crippen LogP contribution in [0.2, 0.25) is 0 Å². The van der Waals surface area contributed by atoms with Crippen LogP contribution >= 0.6 is 0 Å². The number of nitrogens with zero attached hydrogens (tertiary/aromatic N) is 1. The molecule has 0 unspecified atom stereocenters. The largest absolute Gasteiger partial charge is 0.334 e. The third kappa shape index (κ3) is 4.14. The number of anilines is 2. The highest BCUT2D eigenvalue weighted by atomic mass is 16.2. The van der Waals surface area contributed by atoms with Gasteiger partial charge < -0.3 is 15.5 Å². The highest BCUT2D eigenvalue weighted by Crippen LogP contribution is 2.34. The molecule has 3 amide bonds. The Morgan fingerprint density at radius 1 is 0.966 bits per heavy atom. The van der Waals surface area contributed by atoms with Gasteiger partial charge in [-0.2, -0.15) is 0 Å². The summed E-state index contributed by atoms with van der Waals surface area (Å²) in [6, 6.07) is 24.5. The molecule has 0 radical (unpaired) electrons. The van der Waals surface area contributed by atoms with Gasteiger partial charge in [-0.1, -0.05) is 48.5 Å². The van der Waals surface area contributed by atoms with Gasteiger partial charge in [0.15, 0.2) is 0 Å². The summed E-state index contributed by atoms with van der Waals surface area (Å²) in [5, 5.41) is 5.68. The lowest BCUT2D eigenvalue weighted by Gasteiger charge is -2.23. The lowest BCUT2D eigenvalue weighted by atomic mass is 10.1. The molecule has 0 aromatic heterocycles. The van der Waals surface area contributed by atoms with Crippen molar-refractivity contribution in [2.45, 2.75) is 25.9 Å². The first-order valence-corrected chi connectivity index (χ1v) is 9.72. The zero-order valence-corrected chi connectivity index (χ0v) is 16.3. The van der Waals surface area contributed by atoms with Gasteiger partial charge in [0.2, 0.25) is 0 Å². The van der Waals surface area contributed by atoms with Crippen molar-refractivity contribution >= 4 is 23.3 Å². The second kappa shape index (κ2) is 8.19. The fourth-order valence-corrected chi connectivity index (χ4v) is 3.67. The van der Waals surface area contributed by atoms with E-state index in [1.165, 1.54) is 0 Å². The Hall–Kier alpha value is -3.60. The van der Waals surface area contributed by atoms with Crippen molar-refractivity contribution in [1.29, 1.82) is 0 Å². The van der Waals surface area contributed by atoms with Crippen LogP contribution in [0.4, 0.5) is 16.2 Å². The van der Waals surface area contributed by atoms with E-state index in [0.29, 0.717) is 12.1 Å². The van der Waals surface area contributed by atoms with Crippen LogP contribution in [0.25, 0.3) is 0 Å². The SMILES string of the molecule is C[C@H]1Cc2ccc(CNC(=O)Nc3ccccc3)cc2N1C(=O)c1ccccc1. The van der Waals surface area contributed by atoms with Crippen LogP contribution in [0.15, 0.2) is 78.9 Å². The molecule has 3 aromatic rings. The molecule has 1 aliphatic rings. The summed E-state index contributed by atoms with van der Waals surface area (Å²) in [7, 11) is 0. The first-order valence-electron chi connectivity index (χ1n) is 9.72.